The quantitative estimate of drug-likeness (QED) is 0.213. The third kappa shape index (κ3) is 4.85. The second kappa shape index (κ2) is 10.7. The highest BCUT2D eigenvalue weighted by atomic mass is 16.3. The minimum absolute atomic E-state index is 0.898. The Morgan fingerprint density at radius 1 is 0.488 bits per heavy atom. The lowest BCUT2D eigenvalue weighted by molar-refractivity contribution is 0.669. The molecule has 0 radical (unpaired) electrons. The number of hydrogen-bond acceptors (Lipinski definition) is 3. The molecule has 0 bridgehead atoms. The maximum atomic E-state index is 6.03. The van der Waals surface area contributed by atoms with Crippen LogP contribution >= 0.6 is 0 Å². The van der Waals surface area contributed by atoms with Crippen molar-refractivity contribution in [2.24, 2.45) is 0 Å². The molecule has 1 aliphatic rings. The summed E-state index contributed by atoms with van der Waals surface area (Å²) in [6, 6.07) is 40.3. The first kappa shape index (κ1) is 25.2. The van der Waals surface area contributed by atoms with Crippen molar-refractivity contribution >= 4 is 27.5 Å². The number of hydrogen-bond donors (Lipinski definition) is 0. The second-order valence-corrected chi connectivity index (χ2v) is 11.0. The van der Waals surface area contributed by atoms with Crippen LogP contribution in [0.15, 0.2) is 150 Å². The molecule has 3 heteroatoms. The van der Waals surface area contributed by atoms with Crippen LogP contribution in [-0.2, 0) is 0 Å². The van der Waals surface area contributed by atoms with Gasteiger partial charge in [0.05, 0.1) is 11.4 Å². The molecule has 0 aliphatic heterocycles. The van der Waals surface area contributed by atoms with E-state index in [-0.39, 0.29) is 0 Å². The summed E-state index contributed by atoms with van der Waals surface area (Å²) < 4.78 is 6.03. The smallest absolute Gasteiger partial charge is 0.135 e. The SMILES string of the molecule is C1=CC(c2cc(-c3ccc(-c4cncc(-c5ccc6oc7ccccc7c6c5)c4)cc3)cc(-c3ccccc3)n2)=CCC1. The highest BCUT2D eigenvalue weighted by molar-refractivity contribution is 6.06. The molecule has 3 heterocycles. The summed E-state index contributed by atoms with van der Waals surface area (Å²) in [6.07, 6.45) is 12.7. The summed E-state index contributed by atoms with van der Waals surface area (Å²) >= 11 is 0. The van der Waals surface area contributed by atoms with E-state index in [0.717, 1.165) is 85.1 Å². The standard InChI is InChI=1S/C40H28N2O/c1-3-9-29(10-4-1)37-23-32(24-38(42-37)30-11-5-2-6-12-30)27-15-17-28(18-16-27)33-21-34(26-41-25-33)31-19-20-40-36(22-31)35-13-7-8-14-39(35)43-40/h1,3-5,7-26H,2,6H2. The van der Waals surface area contributed by atoms with Gasteiger partial charge in [-0.1, -0.05) is 97.1 Å². The van der Waals surface area contributed by atoms with Crippen molar-refractivity contribution in [3.63, 3.8) is 0 Å². The predicted octanol–water partition coefficient (Wildman–Crippen LogP) is 10.8. The molecule has 0 fully saturated rings. The molecule has 0 spiro atoms. The van der Waals surface area contributed by atoms with Crippen molar-refractivity contribution in [3.8, 4) is 44.6 Å². The Labute approximate surface area is 250 Å². The van der Waals surface area contributed by atoms with Crippen molar-refractivity contribution in [1.29, 1.82) is 0 Å². The van der Waals surface area contributed by atoms with Crippen LogP contribution in [0.2, 0.25) is 0 Å². The topological polar surface area (TPSA) is 38.9 Å². The Kier molecular flexibility index (Phi) is 6.27. The predicted molar refractivity (Wildman–Crippen MR) is 177 cm³/mol. The van der Waals surface area contributed by atoms with Gasteiger partial charge in [0.2, 0.25) is 0 Å². The number of nitrogens with zero attached hydrogens (tertiary/aromatic N) is 2. The first-order valence-electron chi connectivity index (χ1n) is 14.7. The van der Waals surface area contributed by atoms with Crippen LogP contribution in [-0.4, -0.2) is 9.97 Å². The summed E-state index contributed by atoms with van der Waals surface area (Å²) in [6.45, 7) is 0. The lowest BCUT2D eigenvalue weighted by Gasteiger charge is -2.13. The number of pyridine rings is 2. The molecular weight excluding hydrogens is 524 g/mol. The van der Waals surface area contributed by atoms with Crippen LogP contribution in [0, 0.1) is 0 Å². The number of rotatable bonds is 5. The lowest BCUT2D eigenvalue weighted by Crippen LogP contribution is -1.95. The first-order valence-corrected chi connectivity index (χ1v) is 14.7. The Hall–Kier alpha value is -5.54. The minimum atomic E-state index is 0.898. The van der Waals surface area contributed by atoms with Crippen molar-refractivity contribution in [2.45, 2.75) is 12.8 Å². The van der Waals surface area contributed by atoms with Crippen LogP contribution in [0.5, 0.6) is 0 Å². The molecule has 8 rings (SSSR count). The van der Waals surface area contributed by atoms with E-state index in [1.807, 2.05) is 30.6 Å². The van der Waals surface area contributed by atoms with E-state index in [9.17, 15) is 0 Å². The summed E-state index contributed by atoms with van der Waals surface area (Å²) in [5.41, 5.74) is 12.8. The van der Waals surface area contributed by atoms with Crippen molar-refractivity contribution in [2.75, 3.05) is 0 Å². The molecule has 0 saturated carbocycles. The van der Waals surface area contributed by atoms with Crippen LogP contribution in [0.25, 0.3) is 72.1 Å². The number of para-hydroxylation sites is 1. The van der Waals surface area contributed by atoms with Crippen molar-refractivity contribution < 1.29 is 4.42 Å². The highest BCUT2D eigenvalue weighted by Crippen LogP contribution is 2.35. The van der Waals surface area contributed by atoms with Crippen molar-refractivity contribution in [3.05, 3.63) is 152 Å². The zero-order valence-corrected chi connectivity index (χ0v) is 23.6. The molecule has 3 nitrogen and oxygen atoms in total. The van der Waals surface area contributed by atoms with E-state index in [0.29, 0.717) is 0 Å². The fraction of sp³-hybridized carbons (Fsp3) is 0.0500. The molecular formula is C40H28N2O. The zero-order chi connectivity index (χ0) is 28.6. The number of aromatic nitrogens is 2. The average molecular weight is 553 g/mol. The second-order valence-electron chi connectivity index (χ2n) is 11.0. The summed E-state index contributed by atoms with van der Waals surface area (Å²) in [5, 5.41) is 2.25. The van der Waals surface area contributed by atoms with E-state index in [2.05, 4.69) is 120 Å². The number of fused-ring (bicyclic) bond motifs is 3. The van der Waals surface area contributed by atoms with Crippen molar-refractivity contribution in [1.82, 2.24) is 9.97 Å². The van der Waals surface area contributed by atoms with Gasteiger partial charge in [-0.3, -0.25) is 4.98 Å². The third-order valence-electron chi connectivity index (χ3n) is 8.19. The van der Waals surface area contributed by atoms with Gasteiger partial charge < -0.3 is 4.42 Å². The fourth-order valence-corrected chi connectivity index (χ4v) is 5.92. The number of benzene rings is 4. The molecule has 43 heavy (non-hydrogen) atoms. The van der Waals surface area contributed by atoms with E-state index in [1.54, 1.807) is 0 Å². The molecule has 4 aromatic carbocycles. The largest absolute Gasteiger partial charge is 0.456 e. The van der Waals surface area contributed by atoms with E-state index >= 15 is 0 Å². The fourth-order valence-electron chi connectivity index (χ4n) is 5.92. The Morgan fingerprint density at radius 2 is 1.19 bits per heavy atom. The van der Waals surface area contributed by atoms with Crippen LogP contribution < -0.4 is 0 Å². The average Bonchev–Trinajstić information content (AvgIpc) is 3.47. The van der Waals surface area contributed by atoms with Gasteiger partial charge in [-0.2, -0.15) is 0 Å². The lowest BCUT2D eigenvalue weighted by atomic mass is 9.96. The van der Waals surface area contributed by atoms with Crippen LogP contribution in [0.1, 0.15) is 18.5 Å². The molecule has 204 valence electrons. The van der Waals surface area contributed by atoms with Gasteiger partial charge in [-0.25, -0.2) is 4.98 Å². The summed E-state index contributed by atoms with van der Waals surface area (Å²) in [7, 11) is 0. The Morgan fingerprint density at radius 3 is 2.00 bits per heavy atom. The molecule has 0 N–H and O–H groups in total. The van der Waals surface area contributed by atoms with Crippen LogP contribution in [0.3, 0.4) is 0 Å². The highest BCUT2D eigenvalue weighted by Gasteiger charge is 2.12. The first-order chi connectivity index (χ1) is 21.3. The Balaban J connectivity index is 1.14. The molecule has 0 saturated heterocycles. The van der Waals surface area contributed by atoms with E-state index < -0.39 is 0 Å². The molecule has 0 amide bonds. The number of allylic oxidation sites excluding steroid dienone is 4. The summed E-state index contributed by atoms with van der Waals surface area (Å²) in [4.78, 5) is 9.67. The third-order valence-corrected chi connectivity index (χ3v) is 8.19. The minimum Gasteiger partial charge on any atom is -0.456 e. The van der Waals surface area contributed by atoms with Gasteiger partial charge in [0.15, 0.2) is 0 Å². The number of furan rings is 1. The summed E-state index contributed by atoms with van der Waals surface area (Å²) in [5.74, 6) is 0. The van der Waals surface area contributed by atoms with Gasteiger partial charge in [0, 0.05) is 39.9 Å². The normalized spacial score (nSPS) is 13.0. The van der Waals surface area contributed by atoms with Gasteiger partial charge in [-0.15, -0.1) is 0 Å². The van der Waals surface area contributed by atoms with E-state index in [1.165, 1.54) is 5.57 Å². The molecule has 1 aliphatic carbocycles. The maximum absolute atomic E-state index is 6.03. The zero-order valence-electron chi connectivity index (χ0n) is 23.6. The molecule has 0 unspecified atom stereocenters. The van der Waals surface area contributed by atoms with Gasteiger partial charge in [0.25, 0.3) is 0 Å². The molecule has 0 atom stereocenters. The van der Waals surface area contributed by atoms with Gasteiger partial charge in [-0.05, 0) is 77.1 Å². The monoisotopic (exact) mass is 552 g/mol. The van der Waals surface area contributed by atoms with Gasteiger partial charge in [0.1, 0.15) is 11.2 Å². The Bertz CT molecular complexity index is 2170. The molecule has 7 aromatic rings. The van der Waals surface area contributed by atoms with Crippen LogP contribution in [0.4, 0.5) is 0 Å². The van der Waals surface area contributed by atoms with E-state index in [4.69, 9.17) is 9.40 Å². The maximum Gasteiger partial charge on any atom is 0.135 e. The van der Waals surface area contributed by atoms with Gasteiger partial charge >= 0.3 is 0 Å². The molecule has 3 aromatic heterocycles.